The Labute approximate surface area is 160 Å². The van der Waals surface area contributed by atoms with Crippen molar-refractivity contribution in [2.45, 2.75) is 37.8 Å². The molecular weight excluding hydrogens is 372 g/mol. The lowest BCUT2D eigenvalue weighted by Gasteiger charge is -2.21. The van der Waals surface area contributed by atoms with Crippen molar-refractivity contribution < 1.29 is 38.9 Å². The van der Waals surface area contributed by atoms with Crippen LogP contribution in [0, 0.1) is 0 Å². The van der Waals surface area contributed by atoms with E-state index in [9.17, 15) is 24.0 Å². The van der Waals surface area contributed by atoms with Crippen molar-refractivity contribution >= 4 is 29.7 Å². The molecule has 0 aliphatic rings. The predicted molar refractivity (Wildman–Crippen MR) is 95.1 cm³/mol. The van der Waals surface area contributed by atoms with Crippen molar-refractivity contribution in [1.82, 2.24) is 10.6 Å². The molecule has 1 aromatic carbocycles. The van der Waals surface area contributed by atoms with Gasteiger partial charge in [-0.15, -0.1) is 0 Å². The molecule has 0 saturated heterocycles. The first-order valence-electron chi connectivity index (χ1n) is 8.38. The van der Waals surface area contributed by atoms with Gasteiger partial charge in [-0.1, -0.05) is 30.3 Å². The lowest BCUT2D eigenvalue weighted by atomic mass is 10.0. The molecular formula is C18H22N2O8. The smallest absolute Gasteiger partial charge is 0.328 e. The molecule has 0 aliphatic heterocycles. The SMILES string of the molecule is COC(=O)[C@H](Cc1ccccc1)NC(=O)[C@H](CC(=O)O)NC(=O)CCC(=O)O. The fourth-order valence-electron chi connectivity index (χ4n) is 2.33. The van der Waals surface area contributed by atoms with E-state index in [-0.39, 0.29) is 6.42 Å². The molecule has 1 rings (SSSR count). The number of benzene rings is 1. The summed E-state index contributed by atoms with van der Waals surface area (Å²) in [7, 11) is 1.15. The lowest BCUT2D eigenvalue weighted by Crippen LogP contribution is -2.53. The van der Waals surface area contributed by atoms with Gasteiger partial charge in [0.15, 0.2) is 0 Å². The van der Waals surface area contributed by atoms with Crippen LogP contribution in [0.5, 0.6) is 0 Å². The summed E-state index contributed by atoms with van der Waals surface area (Å²) in [5.41, 5.74) is 0.735. The standard InChI is InChI=1S/C18H22N2O8/c1-28-18(27)13(9-11-5-3-2-4-6-11)20-17(26)12(10-16(24)25)19-14(21)7-8-15(22)23/h2-6,12-13H,7-10H2,1H3,(H,19,21)(H,20,26)(H,22,23)(H,24,25)/t12-,13-/m0/s1. The molecule has 10 nitrogen and oxygen atoms in total. The Balaban J connectivity index is 2.85. The van der Waals surface area contributed by atoms with E-state index >= 15 is 0 Å². The van der Waals surface area contributed by atoms with E-state index in [2.05, 4.69) is 15.4 Å². The summed E-state index contributed by atoms with van der Waals surface area (Å²) in [6.07, 6.45) is -1.51. The Morgan fingerprint density at radius 3 is 2.11 bits per heavy atom. The second-order valence-corrected chi connectivity index (χ2v) is 5.89. The predicted octanol–water partition coefficient (Wildman–Crippen LogP) is -0.289. The van der Waals surface area contributed by atoms with Crippen molar-refractivity contribution in [3.8, 4) is 0 Å². The van der Waals surface area contributed by atoms with E-state index in [1.54, 1.807) is 30.3 Å². The van der Waals surface area contributed by atoms with Crippen LogP contribution in [0.3, 0.4) is 0 Å². The number of rotatable bonds is 11. The average molecular weight is 394 g/mol. The van der Waals surface area contributed by atoms with Gasteiger partial charge < -0.3 is 25.6 Å². The van der Waals surface area contributed by atoms with Crippen LogP contribution in [0.4, 0.5) is 0 Å². The normalized spacial score (nSPS) is 12.3. The molecule has 0 bridgehead atoms. The zero-order valence-corrected chi connectivity index (χ0v) is 15.2. The highest BCUT2D eigenvalue weighted by molar-refractivity contribution is 5.93. The molecule has 4 N–H and O–H groups in total. The molecule has 152 valence electrons. The number of carbonyl (C=O) groups excluding carboxylic acids is 3. The van der Waals surface area contributed by atoms with Gasteiger partial charge in [-0.2, -0.15) is 0 Å². The summed E-state index contributed by atoms with van der Waals surface area (Å²) in [4.78, 5) is 57.8. The number of nitrogens with one attached hydrogen (secondary N) is 2. The van der Waals surface area contributed by atoms with E-state index in [0.717, 1.165) is 12.7 Å². The van der Waals surface area contributed by atoms with Gasteiger partial charge in [-0.3, -0.25) is 19.2 Å². The monoisotopic (exact) mass is 394 g/mol. The van der Waals surface area contributed by atoms with Crippen LogP contribution >= 0.6 is 0 Å². The van der Waals surface area contributed by atoms with Crippen LogP contribution in [0.2, 0.25) is 0 Å². The summed E-state index contributed by atoms with van der Waals surface area (Å²) in [6, 6.07) is 6.21. The van der Waals surface area contributed by atoms with Gasteiger partial charge in [-0.25, -0.2) is 4.79 Å². The summed E-state index contributed by atoms with van der Waals surface area (Å²) >= 11 is 0. The third-order valence-corrected chi connectivity index (χ3v) is 3.68. The minimum Gasteiger partial charge on any atom is -0.481 e. The zero-order valence-electron chi connectivity index (χ0n) is 15.2. The van der Waals surface area contributed by atoms with E-state index in [1.165, 1.54) is 0 Å². The minimum absolute atomic E-state index is 0.103. The molecule has 28 heavy (non-hydrogen) atoms. The number of hydrogen-bond acceptors (Lipinski definition) is 6. The van der Waals surface area contributed by atoms with Crippen LogP contribution in [0.25, 0.3) is 0 Å². The van der Waals surface area contributed by atoms with Gasteiger partial charge in [-0.05, 0) is 5.56 Å². The molecule has 0 aliphatic carbocycles. The van der Waals surface area contributed by atoms with Gasteiger partial charge in [0.1, 0.15) is 12.1 Å². The number of amides is 2. The molecule has 0 radical (unpaired) electrons. The minimum atomic E-state index is -1.47. The van der Waals surface area contributed by atoms with Crippen molar-refractivity contribution in [2.75, 3.05) is 7.11 Å². The largest absolute Gasteiger partial charge is 0.481 e. The average Bonchev–Trinajstić information content (AvgIpc) is 2.65. The molecule has 0 spiro atoms. The molecule has 0 unspecified atom stereocenters. The number of carboxylic acid groups (broad SMARTS) is 2. The molecule has 2 atom stereocenters. The number of carbonyl (C=O) groups is 5. The second kappa shape index (κ2) is 11.3. The fourth-order valence-corrected chi connectivity index (χ4v) is 2.33. The molecule has 0 aromatic heterocycles. The van der Waals surface area contributed by atoms with Crippen molar-refractivity contribution in [1.29, 1.82) is 0 Å². The number of esters is 1. The van der Waals surface area contributed by atoms with Gasteiger partial charge in [0.2, 0.25) is 11.8 Å². The molecule has 0 saturated carbocycles. The Bertz CT molecular complexity index is 720. The Morgan fingerprint density at radius 2 is 1.57 bits per heavy atom. The first-order chi connectivity index (χ1) is 13.2. The fraction of sp³-hybridized carbons (Fsp3) is 0.389. The van der Waals surface area contributed by atoms with Gasteiger partial charge in [0, 0.05) is 12.8 Å². The van der Waals surface area contributed by atoms with Gasteiger partial charge >= 0.3 is 17.9 Å². The molecule has 2 amide bonds. The van der Waals surface area contributed by atoms with Gasteiger partial charge in [0.05, 0.1) is 20.0 Å². The summed E-state index contributed by atoms with van der Waals surface area (Å²) in [6.45, 7) is 0. The van der Waals surface area contributed by atoms with E-state index in [0.29, 0.717) is 0 Å². The van der Waals surface area contributed by atoms with Crippen LogP contribution in [0.1, 0.15) is 24.8 Å². The van der Waals surface area contributed by atoms with E-state index < -0.39 is 61.1 Å². The van der Waals surface area contributed by atoms with Crippen molar-refractivity contribution in [2.24, 2.45) is 0 Å². The molecule has 10 heteroatoms. The third-order valence-electron chi connectivity index (χ3n) is 3.68. The summed E-state index contributed by atoms with van der Waals surface area (Å²) in [5.74, 6) is -4.97. The summed E-state index contributed by atoms with van der Waals surface area (Å²) < 4.78 is 4.67. The Morgan fingerprint density at radius 1 is 0.929 bits per heavy atom. The second-order valence-electron chi connectivity index (χ2n) is 5.89. The first kappa shape index (κ1) is 22.6. The lowest BCUT2D eigenvalue weighted by molar-refractivity contribution is -0.146. The quantitative estimate of drug-likeness (QED) is 0.373. The summed E-state index contributed by atoms with van der Waals surface area (Å²) in [5, 5.41) is 22.1. The highest BCUT2D eigenvalue weighted by Gasteiger charge is 2.29. The number of hydrogen-bond donors (Lipinski definition) is 4. The van der Waals surface area contributed by atoms with E-state index in [1.807, 2.05) is 0 Å². The first-order valence-corrected chi connectivity index (χ1v) is 8.38. The van der Waals surface area contributed by atoms with Gasteiger partial charge in [0.25, 0.3) is 0 Å². The maximum absolute atomic E-state index is 12.5. The van der Waals surface area contributed by atoms with Crippen LogP contribution in [-0.2, 0) is 35.1 Å². The Hall–Kier alpha value is -3.43. The number of ether oxygens (including phenoxy) is 1. The van der Waals surface area contributed by atoms with Crippen LogP contribution in [0.15, 0.2) is 30.3 Å². The zero-order chi connectivity index (χ0) is 21.1. The van der Waals surface area contributed by atoms with Crippen molar-refractivity contribution in [3.63, 3.8) is 0 Å². The number of methoxy groups -OCH3 is 1. The van der Waals surface area contributed by atoms with E-state index in [4.69, 9.17) is 10.2 Å². The molecule has 0 fully saturated rings. The number of carboxylic acids is 2. The Kier molecular flexibility index (Phi) is 9.14. The highest BCUT2D eigenvalue weighted by Crippen LogP contribution is 2.06. The maximum Gasteiger partial charge on any atom is 0.328 e. The van der Waals surface area contributed by atoms with Crippen LogP contribution < -0.4 is 10.6 Å². The topological polar surface area (TPSA) is 159 Å². The highest BCUT2D eigenvalue weighted by atomic mass is 16.5. The van der Waals surface area contributed by atoms with Crippen molar-refractivity contribution in [3.05, 3.63) is 35.9 Å². The molecule has 1 aromatic rings. The van der Waals surface area contributed by atoms with Crippen LogP contribution in [-0.4, -0.2) is 59.1 Å². The number of aliphatic carboxylic acids is 2. The maximum atomic E-state index is 12.5. The third kappa shape index (κ3) is 8.30. The molecule has 0 heterocycles.